The number of ether oxygens (including phenoxy) is 1. The third kappa shape index (κ3) is 3.64. The standard InChI is InChI=1S/C17H16FN3O3/c18-15-4-2-1-3-12(15)9-24-10-13(22)8-21-11-20-16-7-19-6-5-14(16)17(21)23/h1-7,11,13,22H,8-10H2. The highest BCUT2D eigenvalue weighted by atomic mass is 19.1. The van der Waals surface area contributed by atoms with Crippen molar-refractivity contribution in [3.05, 3.63) is 70.8 Å². The van der Waals surface area contributed by atoms with E-state index in [0.29, 0.717) is 16.5 Å². The van der Waals surface area contributed by atoms with E-state index in [9.17, 15) is 14.3 Å². The zero-order chi connectivity index (χ0) is 16.9. The van der Waals surface area contributed by atoms with Crippen molar-refractivity contribution in [2.45, 2.75) is 19.3 Å². The molecule has 1 atom stereocenters. The van der Waals surface area contributed by atoms with Crippen molar-refractivity contribution < 1.29 is 14.2 Å². The number of halogens is 1. The zero-order valence-electron chi connectivity index (χ0n) is 12.8. The van der Waals surface area contributed by atoms with Crippen LogP contribution in [0.5, 0.6) is 0 Å². The van der Waals surface area contributed by atoms with E-state index in [2.05, 4.69) is 9.97 Å². The lowest BCUT2D eigenvalue weighted by Crippen LogP contribution is -2.29. The zero-order valence-corrected chi connectivity index (χ0v) is 12.8. The van der Waals surface area contributed by atoms with Gasteiger partial charge in [-0.1, -0.05) is 18.2 Å². The highest BCUT2D eigenvalue weighted by molar-refractivity contribution is 5.75. The molecule has 1 aromatic carbocycles. The number of fused-ring (bicyclic) bond motifs is 1. The van der Waals surface area contributed by atoms with Crippen LogP contribution in [0.15, 0.2) is 53.8 Å². The Labute approximate surface area is 137 Å². The van der Waals surface area contributed by atoms with Crippen LogP contribution in [0.1, 0.15) is 5.56 Å². The van der Waals surface area contributed by atoms with Crippen LogP contribution in [0.3, 0.4) is 0 Å². The second-order valence-corrected chi connectivity index (χ2v) is 5.36. The summed E-state index contributed by atoms with van der Waals surface area (Å²) >= 11 is 0. The first-order valence-electron chi connectivity index (χ1n) is 7.43. The van der Waals surface area contributed by atoms with Gasteiger partial charge in [0.05, 0.1) is 49.3 Å². The Kier molecular flexibility index (Phi) is 4.93. The second kappa shape index (κ2) is 7.29. The van der Waals surface area contributed by atoms with Gasteiger partial charge >= 0.3 is 0 Å². The van der Waals surface area contributed by atoms with Crippen LogP contribution < -0.4 is 5.56 Å². The lowest BCUT2D eigenvalue weighted by molar-refractivity contribution is 0.0189. The Morgan fingerprint density at radius 1 is 1.29 bits per heavy atom. The average molecular weight is 329 g/mol. The normalized spacial score (nSPS) is 12.4. The van der Waals surface area contributed by atoms with Gasteiger partial charge in [-0.15, -0.1) is 0 Å². The molecule has 2 heterocycles. The summed E-state index contributed by atoms with van der Waals surface area (Å²) < 4.78 is 20.1. The number of pyridine rings is 1. The molecule has 0 aliphatic carbocycles. The van der Waals surface area contributed by atoms with Crippen LogP contribution in [-0.4, -0.2) is 32.4 Å². The quantitative estimate of drug-likeness (QED) is 0.742. The van der Waals surface area contributed by atoms with Gasteiger partial charge in [0.25, 0.3) is 5.56 Å². The average Bonchev–Trinajstić information content (AvgIpc) is 2.59. The third-order valence-electron chi connectivity index (χ3n) is 3.56. The van der Waals surface area contributed by atoms with Crippen LogP contribution in [-0.2, 0) is 17.9 Å². The number of nitrogens with zero attached hydrogens (tertiary/aromatic N) is 3. The first-order chi connectivity index (χ1) is 11.6. The van der Waals surface area contributed by atoms with Crippen molar-refractivity contribution in [3.63, 3.8) is 0 Å². The number of aliphatic hydroxyl groups is 1. The summed E-state index contributed by atoms with van der Waals surface area (Å²) in [4.78, 5) is 20.3. The maximum absolute atomic E-state index is 13.5. The molecule has 1 unspecified atom stereocenters. The summed E-state index contributed by atoms with van der Waals surface area (Å²) in [5.41, 5.74) is 0.668. The second-order valence-electron chi connectivity index (χ2n) is 5.36. The molecule has 0 amide bonds. The highest BCUT2D eigenvalue weighted by Crippen LogP contribution is 2.08. The highest BCUT2D eigenvalue weighted by Gasteiger charge is 2.10. The van der Waals surface area contributed by atoms with E-state index in [1.54, 1.807) is 24.3 Å². The lowest BCUT2D eigenvalue weighted by Gasteiger charge is -2.13. The maximum atomic E-state index is 13.5. The van der Waals surface area contributed by atoms with Crippen LogP contribution in [0.4, 0.5) is 4.39 Å². The molecule has 0 bridgehead atoms. The Hall–Kier alpha value is -2.64. The predicted molar refractivity (Wildman–Crippen MR) is 85.9 cm³/mol. The number of rotatable bonds is 6. The van der Waals surface area contributed by atoms with Crippen molar-refractivity contribution >= 4 is 10.9 Å². The molecule has 0 saturated heterocycles. The number of aromatic nitrogens is 3. The van der Waals surface area contributed by atoms with Gasteiger partial charge in [-0.05, 0) is 12.1 Å². The molecule has 2 aromatic heterocycles. The van der Waals surface area contributed by atoms with Gasteiger partial charge in [-0.25, -0.2) is 9.37 Å². The molecule has 0 aliphatic rings. The molecule has 0 radical (unpaired) electrons. The van der Waals surface area contributed by atoms with Gasteiger partial charge in [-0.2, -0.15) is 0 Å². The number of hydrogen-bond donors (Lipinski definition) is 1. The minimum Gasteiger partial charge on any atom is -0.389 e. The van der Waals surface area contributed by atoms with Gasteiger partial charge in [0, 0.05) is 11.8 Å². The molecule has 0 fully saturated rings. The lowest BCUT2D eigenvalue weighted by atomic mass is 10.2. The summed E-state index contributed by atoms with van der Waals surface area (Å²) in [6.45, 7) is 0.0802. The van der Waals surface area contributed by atoms with E-state index in [1.807, 2.05) is 0 Å². The molecule has 24 heavy (non-hydrogen) atoms. The summed E-state index contributed by atoms with van der Waals surface area (Å²) in [6.07, 6.45) is 3.49. The Bertz CT molecular complexity index is 897. The van der Waals surface area contributed by atoms with Gasteiger partial charge in [-0.3, -0.25) is 14.3 Å². The van der Waals surface area contributed by atoms with E-state index in [1.165, 1.54) is 29.4 Å². The fraction of sp³-hybridized carbons (Fsp3) is 0.235. The smallest absolute Gasteiger partial charge is 0.261 e. The molecule has 1 N–H and O–H groups in total. The first-order valence-corrected chi connectivity index (χ1v) is 7.43. The monoisotopic (exact) mass is 329 g/mol. The van der Waals surface area contributed by atoms with Crippen molar-refractivity contribution in [3.8, 4) is 0 Å². The topological polar surface area (TPSA) is 77.2 Å². The Morgan fingerprint density at radius 3 is 2.96 bits per heavy atom. The van der Waals surface area contributed by atoms with E-state index in [4.69, 9.17) is 4.74 Å². The molecule has 0 saturated carbocycles. The van der Waals surface area contributed by atoms with Crippen molar-refractivity contribution in [1.29, 1.82) is 0 Å². The molecule has 3 aromatic rings. The van der Waals surface area contributed by atoms with Gasteiger partial charge in [0.15, 0.2) is 0 Å². The summed E-state index contributed by atoms with van der Waals surface area (Å²) in [6, 6.07) is 7.87. The van der Waals surface area contributed by atoms with E-state index < -0.39 is 6.10 Å². The third-order valence-corrected chi connectivity index (χ3v) is 3.56. The summed E-state index contributed by atoms with van der Waals surface area (Å²) in [7, 11) is 0. The maximum Gasteiger partial charge on any atom is 0.261 e. The van der Waals surface area contributed by atoms with E-state index in [0.717, 1.165) is 0 Å². The number of hydrogen-bond acceptors (Lipinski definition) is 5. The molecular weight excluding hydrogens is 313 g/mol. The SMILES string of the molecule is O=c1c2ccncc2ncn1CC(O)COCc1ccccc1F. The summed E-state index contributed by atoms with van der Waals surface area (Å²) in [5, 5.41) is 10.5. The van der Waals surface area contributed by atoms with Crippen LogP contribution in [0, 0.1) is 5.82 Å². The van der Waals surface area contributed by atoms with Crippen molar-refractivity contribution in [2.24, 2.45) is 0 Å². The van der Waals surface area contributed by atoms with Gasteiger partial charge in [0.2, 0.25) is 0 Å². The fourth-order valence-electron chi connectivity index (χ4n) is 2.34. The van der Waals surface area contributed by atoms with Crippen LogP contribution in [0.2, 0.25) is 0 Å². The molecule has 7 heteroatoms. The Morgan fingerprint density at radius 2 is 2.12 bits per heavy atom. The van der Waals surface area contributed by atoms with Crippen molar-refractivity contribution in [1.82, 2.24) is 14.5 Å². The van der Waals surface area contributed by atoms with Crippen molar-refractivity contribution in [2.75, 3.05) is 6.61 Å². The number of benzene rings is 1. The van der Waals surface area contributed by atoms with Gasteiger partial charge in [0.1, 0.15) is 5.82 Å². The molecule has 124 valence electrons. The molecule has 6 nitrogen and oxygen atoms in total. The minimum absolute atomic E-state index is 0.0187. The largest absolute Gasteiger partial charge is 0.389 e. The van der Waals surface area contributed by atoms with Crippen LogP contribution >= 0.6 is 0 Å². The molecule has 0 aliphatic heterocycles. The number of aliphatic hydroxyl groups excluding tert-OH is 1. The van der Waals surface area contributed by atoms with Crippen LogP contribution in [0.25, 0.3) is 10.9 Å². The van der Waals surface area contributed by atoms with E-state index >= 15 is 0 Å². The van der Waals surface area contributed by atoms with E-state index in [-0.39, 0.29) is 31.1 Å². The predicted octanol–water partition coefficient (Wildman–Crippen LogP) is 1.51. The molecule has 3 rings (SSSR count). The molecule has 0 spiro atoms. The Balaban J connectivity index is 1.61. The minimum atomic E-state index is -0.907. The summed E-state index contributed by atoms with van der Waals surface area (Å²) in [5.74, 6) is -0.351. The van der Waals surface area contributed by atoms with Gasteiger partial charge < -0.3 is 9.84 Å². The fourth-order valence-corrected chi connectivity index (χ4v) is 2.34. The first kappa shape index (κ1) is 16.2. The molecular formula is C17H16FN3O3.